The summed E-state index contributed by atoms with van der Waals surface area (Å²) >= 11 is 0. The van der Waals surface area contributed by atoms with Gasteiger partial charge in [0.15, 0.2) is 5.76 Å². The van der Waals surface area contributed by atoms with Crippen molar-refractivity contribution in [2.24, 2.45) is 5.92 Å². The summed E-state index contributed by atoms with van der Waals surface area (Å²) in [5, 5.41) is 3.33. The summed E-state index contributed by atoms with van der Waals surface area (Å²) in [6.45, 7) is 3.79. The van der Waals surface area contributed by atoms with Gasteiger partial charge in [0, 0.05) is 18.4 Å². The van der Waals surface area contributed by atoms with Crippen LogP contribution in [0.1, 0.15) is 26.2 Å². The van der Waals surface area contributed by atoms with E-state index in [9.17, 15) is 4.79 Å². The second-order valence-corrected chi connectivity index (χ2v) is 4.06. The Kier molecular flexibility index (Phi) is 2.87. The van der Waals surface area contributed by atoms with Crippen molar-refractivity contribution >= 4 is 5.78 Å². The van der Waals surface area contributed by atoms with Crippen LogP contribution in [0.3, 0.4) is 0 Å². The van der Waals surface area contributed by atoms with Crippen LogP contribution in [-0.4, -0.2) is 25.0 Å². The first-order valence-corrected chi connectivity index (χ1v) is 5.39. The van der Waals surface area contributed by atoms with E-state index >= 15 is 0 Å². The van der Waals surface area contributed by atoms with E-state index in [0.717, 1.165) is 25.8 Å². The Hall–Kier alpha value is -0.830. The zero-order chi connectivity index (χ0) is 9.97. The zero-order valence-corrected chi connectivity index (χ0v) is 8.58. The van der Waals surface area contributed by atoms with Gasteiger partial charge in [0.2, 0.25) is 5.78 Å². The molecular weight excluding hydrogens is 178 g/mol. The molecule has 78 valence electrons. The minimum absolute atomic E-state index is 0.119. The summed E-state index contributed by atoms with van der Waals surface area (Å²) < 4.78 is 5.30. The third kappa shape index (κ3) is 1.82. The molecule has 0 aromatic rings. The van der Waals surface area contributed by atoms with Gasteiger partial charge in [0.25, 0.3) is 0 Å². The van der Waals surface area contributed by atoms with Gasteiger partial charge in [-0.05, 0) is 32.4 Å². The highest BCUT2D eigenvalue weighted by Crippen LogP contribution is 2.23. The fourth-order valence-electron chi connectivity index (χ4n) is 2.17. The monoisotopic (exact) mass is 195 g/mol. The number of rotatable bonds is 2. The first-order valence-electron chi connectivity index (χ1n) is 5.39. The molecule has 0 amide bonds. The van der Waals surface area contributed by atoms with Crippen LogP contribution in [0.15, 0.2) is 11.8 Å². The van der Waals surface area contributed by atoms with Crippen LogP contribution < -0.4 is 5.32 Å². The maximum Gasteiger partial charge on any atom is 0.201 e. The number of ether oxygens (including phenoxy) is 1. The van der Waals surface area contributed by atoms with Gasteiger partial charge >= 0.3 is 0 Å². The van der Waals surface area contributed by atoms with Crippen LogP contribution in [0, 0.1) is 5.92 Å². The van der Waals surface area contributed by atoms with Gasteiger partial charge in [0.05, 0.1) is 6.61 Å². The van der Waals surface area contributed by atoms with Crippen molar-refractivity contribution in [3.05, 3.63) is 11.8 Å². The Balaban J connectivity index is 2.02. The number of allylic oxidation sites excluding steroid dienone is 1. The first kappa shape index (κ1) is 9.71. The molecule has 0 aromatic heterocycles. The number of hydrogen-bond donors (Lipinski definition) is 1. The van der Waals surface area contributed by atoms with E-state index < -0.39 is 0 Å². The maximum atomic E-state index is 12.0. The fourth-order valence-corrected chi connectivity index (χ4v) is 2.17. The minimum Gasteiger partial charge on any atom is -0.490 e. The normalized spacial score (nSPS) is 32.2. The predicted molar refractivity (Wildman–Crippen MR) is 53.8 cm³/mol. The van der Waals surface area contributed by atoms with Crippen molar-refractivity contribution in [1.29, 1.82) is 0 Å². The lowest BCUT2D eigenvalue weighted by atomic mass is 9.87. The molecule has 0 saturated carbocycles. The molecule has 0 radical (unpaired) electrons. The fraction of sp³-hybridized carbons (Fsp3) is 0.727. The minimum atomic E-state index is 0.119. The van der Waals surface area contributed by atoms with E-state index in [1.54, 1.807) is 0 Å². The zero-order valence-electron chi connectivity index (χ0n) is 8.58. The SMILES string of the molecule is CC1NCCCC1C(=O)C1=CCCO1. The predicted octanol–water partition coefficient (Wildman–Crippen LogP) is 1.25. The van der Waals surface area contributed by atoms with Gasteiger partial charge in [-0.1, -0.05) is 0 Å². The molecule has 2 heterocycles. The van der Waals surface area contributed by atoms with Gasteiger partial charge in [-0.2, -0.15) is 0 Å². The molecule has 0 aromatic carbocycles. The van der Waals surface area contributed by atoms with Crippen molar-refractivity contribution in [2.75, 3.05) is 13.2 Å². The van der Waals surface area contributed by atoms with E-state index in [2.05, 4.69) is 12.2 Å². The van der Waals surface area contributed by atoms with E-state index in [-0.39, 0.29) is 11.7 Å². The molecule has 3 nitrogen and oxygen atoms in total. The largest absolute Gasteiger partial charge is 0.490 e. The standard InChI is InChI=1S/C11H17NO2/c1-8-9(4-2-6-12-8)11(13)10-5-3-7-14-10/h5,8-9,12H,2-4,6-7H2,1H3. The Bertz CT molecular complexity index is 260. The van der Waals surface area contributed by atoms with Crippen molar-refractivity contribution in [3.63, 3.8) is 0 Å². The van der Waals surface area contributed by atoms with Crippen LogP contribution in [0.25, 0.3) is 0 Å². The average Bonchev–Trinajstić information content (AvgIpc) is 2.70. The summed E-state index contributed by atoms with van der Waals surface area (Å²) in [6.07, 6.45) is 4.89. The number of carbonyl (C=O) groups is 1. The maximum absolute atomic E-state index is 12.0. The van der Waals surface area contributed by atoms with Crippen LogP contribution >= 0.6 is 0 Å². The lowest BCUT2D eigenvalue weighted by Gasteiger charge is -2.28. The first-order chi connectivity index (χ1) is 6.79. The molecule has 0 spiro atoms. The third-order valence-electron chi connectivity index (χ3n) is 3.05. The lowest BCUT2D eigenvalue weighted by molar-refractivity contribution is -0.123. The van der Waals surface area contributed by atoms with E-state index in [4.69, 9.17) is 4.74 Å². The summed E-state index contributed by atoms with van der Waals surface area (Å²) in [5.74, 6) is 0.917. The van der Waals surface area contributed by atoms with Gasteiger partial charge in [-0.3, -0.25) is 4.79 Å². The molecule has 2 aliphatic heterocycles. The molecule has 2 unspecified atom stereocenters. The lowest BCUT2D eigenvalue weighted by Crippen LogP contribution is -2.43. The molecule has 2 atom stereocenters. The van der Waals surface area contributed by atoms with E-state index in [0.29, 0.717) is 18.4 Å². The topological polar surface area (TPSA) is 38.3 Å². The number of ketones is 1. The van der Waals surface area contributed by atoms with Crippen LogP contribution in [0.2, 0.25) is 0 Å². The Labute approximate surface area is 84.5 Å². The molecule has 2 aliphatic rings. The van der Waals surface area contributed by atoms with Crippen molar-refractivity contribution in [1.82, 2.24) is 5.32 Å². The second kappa shape index (κ2) is 4.13. The number of nitrogens with one attached hydrogen (secondary N) is 1. The smallest absolute Gasteiger partial charge is 0.201 e. The van der Waals surface area contributed by atoms with Crippen LogP contribution in [-0.2, 0) is 9.53 Å². The molecule has 3 heteroatoms. The highest BCUT2D eigenvalue weighted by atomic mass is 16.5. The molecule has 0 bridgehead atoms. The summed E-state index contributed by atoms with van der Waals surface area (Å²) in [5.41, 5.74) is 0. The molecule has 0 aliphatic carbocycles. The summed E-state index contributed by atoms with van der Waals surface area (Å²) in [4.78, 5) is 12.0. The Morgan fingerprint density at radius 2 is 2.50 bits per heavy atom. The highest BCUT2D eigenvalue weighted by molar-refractivity contribution is 5.96. The van der Waals surface area contributed by atoms with Gasteiger partial charge in [-0.25, -0.2) is 0 Å². The van der Waals surface area contributed by atoms with Crippen molar-refractivity contribution < 1.29 is 9.53 Å². The van der Waals surface area contributed by atoms with Crippen LogP contribution in [0.5, 0.6) is 0 Å². The molecule has 1 saturated heterocycles. The average molecular weight is 195 g/mol. The number of hydrogen-bond acceptors (Lipinski definition) is 3. The van der Waals surface area contributed by atoms with E-state index in [1.807, 2.05) is 6.08 Å². The molecule has 1 fully saturated rings. The summed E-state index contributed by atoms with van der Waals surface area (Å²) in [6, 6.07) is 0.293. The quantitative estimate of drug-likeness (QED) is 0.720. The van der Waals surface area contributed by atoms with Gasteiger partial charge < -0.3 is 10.1 Å². The van der Waals surface area contributed by atoms with Gasteiger partial charge in [-0.15, -0.1) is 0 Å². The number of piperidine rings is 1. The van der Waals surface area contributed by atoms with Crippen LogP contribution in [0.4, 0.5) is 0 Å². The number of Topliss-reactive ketones (excluding diaryl/α,β-unsaturated/α-hetero) is 1. The third-order valence-corrected chi connectivity index (χ3v) is 3.05. The molecule has 14 heavy (non-hydrogen) atoms. The number of carbonyl (C=O) groups excluding carboxylic acids is 1. The Morgan fingerprint density at radius 3 is 3.14 bits per heavy atom. The van der Waals surface area contributed by atoms with E-state index in [1.165, 1.54) is 0 Å². The highest BCUT2D eigenvalue weighted by Gasteiger charge is 2.31. The Morgan fingerprint density at radius 1 is 1.64 bits per heavy atom. The molecule has 1 N–H and O–H groups in total. The second-order valence-electron chi connectivity index (χ2n) is 4.06. The van der Waals surface area contributed by atoms with Gasteiger partial charge in [0.1, 0.15) is 0 Å². The molecule has 2 rings (SSSR count). The molecular formula is C11H17NO2. The summed E-state index contributed by atoms with van der Waals surface area (Å²) in [7, 11) is 0. The van der Waals surface area contributed by atoms with Crippen molar-refractivity contribution in [3.8, 4) is 0 Å². The van der Waals surface area contributed by atoms with Crippen molar-refractivity contribution in [2.45, 2.75) is 32.2 Å².